The summed E-state index contributed by atoms with van der Waals surface area (Å²) in [7, 11) is -3.31. The quantitative estimate of drug-likeness (QED) is 0.271. The number of aryl methyl sites for hydroxylation is 1. The second-order valence-corrected chi connectivity index (χ2v) is 10.3. The first-order chi connectivity index (χ1) is 17.9. The average molecular weight is 550 g/mol. The van der Waals surface area contributed by atoms with E-state index in [2.05, 4.69) is 0 Å². The molecular weight excluding hydrogens is 519 g/mol. The molecule has 0 bridgehead atoms. The summed E-state index contributed by atoms with van der Waals surface area (Å²) in [6, 6.07) is 15.1. The van der Waals surface area contributed by atoms with E-state index in [-0.39, 0.29) is 30.0 Å². The Labute approximate surface area is 221 Å². The van der Waals surface area contributed by atoms with Gasteiger partial charge in [0, 0.05) is 18.2 Å². The van der Waals surface area contributed by atoms with Crippen molar-refractivity contribution >= 4 is 16.0 Å². The minimum Gasteiger partial charge on any atom is -0.493 e. The standard InChI is InChI=1S/C28H30F3NO5S/c1-5-19(3)32(27(33)22-13-10-20(6-2)11-14-22)18-21-12-15-25(36-4)26(16-21)37-38(34,35)24-9-7-8-23(17-24)28(29,30)31/h7-17,19H,5-6,18H2,1-4H3. The monoisotopic (exact) mass is 549 g/mol. The molecular formula is C28H30F3NO5S. The number of carbonyl (C=O) groups is 1. The molecule has 204 valence electrons. The Morgan fingerprint density at radius 2 is 1.61 bits per heavy atom. The molecule has 1 unspecified atom stereocenters. The van der Waals surface area contributed by atoms with Crippen molar-refractivity contribution in [1.82, 2.24) is 4.90 Å². The van der Waals surface area contributed by atoms with Gasteiger partial charge >= 0.3 is 16.3 Å². The van der Waals surface area contributed by atoms with E-state index >= 15 is 0 Å². The normalized spacial score (nSPS) is 12.6. The highest BCUT2D eigenvalue weighted by atomic mass is 32.2. The number of hydrogen-bond acceptors (Lipinski definition) is 5. The fourth-order valence-corrected chi connectivity index (χ4v) is 4.75. The molecule has 0 heterocycles. The highest BCUT2D eigenvalue weighted by molar-refractivity contribution is 7.87. The van der Waals surface area contributed by atoms with Gasteiger partial charge in [0.1, 0.15) is 4.90 Å². The predicted octanol–water partition coefficient (Wildman–Crippen LogP) is 6.49. The first-order valence-electron chi connectivity index (χ1n) is 12.1. The molecule has 0 radical (unpaired) electrons. The van der Waals surface area contributed by atoms with Crippen LogP contribution in [0.1, 0.15) is 54.2 Å². The van der Waals surface area contributed by atoms with Crippen molar-refractivity contribution in [1.29, 1.82) is 0 Å². The summed E-state index contributed by atoms with van der Waals surface area (Å²) < 4.78 is 75.5. The van der Waals surface area contributed by atoms with Crippen molar-refractivity contribution < 1.29 is 35.3 Å². The smallest absolute Gasteiger partial charge is 0.416 e. The summed E-state index contributed by atoms with van der Waals surface area (Å²) in [4.78, 5) is 14.4. The number of amides is 1. The van der Waals surface area contributed by atoms with Crippen LogP contribution in [-0.4, -0.2) is 32.4 Å². The molecule has 0 fully saturated rings. The molecule has 6 nitrogen and oxygen atoms in total. The zero-order valence-electron chi connectivity index (χ0n) is 21.6. The number of carbonyl (C=O) groups excluding carboxylic acids is 1. The van der Waals surface area contributed by atoms with Crippen LogP contribution in [-0.2, 0) is 29.3 Å². The van der Waals surface area contributed by atoms with E-state index in [1.54, 1.807) is 23.1 Å². The molecule has 0 aliphatic rings. The van der Waals surface area contributed by atoms with E-state index in [9.17, 15) is 26.4 Å². The fourth-order valence-electron chi connectivity index (χ4n) is 3.77. The number of benzene rings is 3. The molecule has 0 aromatic heterocycles. The molecule has 0 spiro atoms. The second-order valence-electron chi connectivity index (χ2n) is 8.79. The number of hydrogen-bond donors (Lipinski definition) is 0. The Balaban J connectivity index is 1.92. The summed E-state index contributed by atoms with van der Waals surface area (Å²) in [6.07, 6.45) is -3.18. The van der Waals surface area contributed by atoms with Crippen LogP contribution in [0.5, 0.6) is 11.5 Å². The highest BCUT2D eigenvalue weighted by Gasteiger charge is 2.32. The lowest BCUT2D eigenvalue weighted by atomic mass is 10.1. The lowest BCUT2D eigenvalue weighted by Gasteiger charge is -2.29. The maximum absolute atomic E-state index is 13.4. The number of alkyl halides is 3. The highest BCUT2D eigenvalue weighted by Crippen LogP contribution is 2.34. The van der Waals surface area contributed by atoms with Gasteiger partial charge in [-0.15, -0.1) is 0 Å². The van der Waals surface area contributed by atoms with Crippen LogP contribution in [0.2, 0.25) is 0 Å². The fraction of sp³-hybridized carbons (Fsp3) is 0.321. The van der Waals surface area contributed by atoms with Crippen molar-refractivity contribution in [3.63, 3.8) is 0 Å². The predicted molar refractivity (Wildman–Crippen MR) is 138 cm³/mol. The Hall–Kier alpha value is -3.53. The van der Waals surface area contributed by atoms with Gasteiger partial charge in [-0.3, -0.25) is 4.79 Å². The summed E-state index contributed by atoms with van der Waals surface area (Å²) in [6.45, 7) is 6.04. The minimum absolute atomic E-state index is 0.0703. The van der Waals surface area contributed by atoms with Crippen LogP contribution >= 0.6 is 0 Å². The molecule has 1 amide bonds. The van der Waals surface area contributed by atoms with Crippen LogP contribution < -0.4 is 8.92 Å². The van der Waals surface area contributed by atoms with Gasteiger partial charge < -0.3 is 13.8 Å². The molecule has 0 saturated heterocycles. The lowest BCUT2D eigenvalue weighted by Crippen LogP contribution is -2.37. The van der Waals surface area contributed by atoms with E-state index in [1.807, 2.05) is 32.9 Å². The van der Waals surface area contributed by atoms with Gasteiger partial charge in [0.05, 0.1) is 12.7 Å². The summed E-state index contributed by atoms with van der Waals surface area (Å²) in [5, 5.41) is 0. The van der Waals surface area contributed by atoms with Gasteiger partial charge in [0.25, 0.3) is 5.91 Å². The number of nitrogens with zero attached hydrogens (tertiary/aromatic N) is 1. The largest absolute Gasteiger partial charge is 0.493 e. The van der Waals surface area contributed by atoms with E-state index in [4.69, 9.17) is 8.92 Å². The molecule has 0 N–H and O–H groups in total. The van der Waals surface area contributed by atoms with Gasteiger partial charge in [0.15, 0.2) is 11.5 Å². The maximum atomic E-state index is 13.4. The Bertz CT molecular complexity index is 1370. The van der Waals surface area contributed by atoms with Gasteiger partial charge in [-0.1, -0.05) is 38.1 Å². The third-order valence-corrected chi connectivity index (χ3v) is 7.45. The van der Waals surface area contributed by atoms with Gasteiger partial charge in [-0.25, -0.2) is 0 Å². The molecule has 0 aliphatic heterocycles. The van der Waals surface area contributed by atoms with E-state index in [0.29, 0.717) is 23.6 Å². The summed E-state index contributed by atoms with van der Waals surface area (Å²) >= 11 is 0. The van der Waals surface area contributed by atoms with Crippen LogP contribution in [0.4, 0.5) is 13.2 Å². The van der Waals surface area contributed by atoms with Crippen LogP contribution in [0.15, 0.2) is 71.6 Å². The van der Waals surface area contributed by atoms with E-state index < -0.39 is 26.8 Å². The number of methoxy groups -OCH3 is 1. The van der Waals surface area contributed by atoms with Crippen molar-refractivity contribution in [2.24, 2.45) is 0 Å². The van der Waals surface area contributed by atoms with Crippen LogP contribution in [0.3, 0.4) is 0 Å². The molecule has 38 heavy (non-hydrogen) atoms. The van der Waals surface area contributed by atoms with Crippen LogP contribution in [0.25, 0.3) is 0 Å². The molecule has 10 heteroatoms. The number of halogens is 3. The third-order valence-electron chi connectivity index (χ3n) is 6.22. The molecule has 3 rings (SSSR count). The minimum atomic E-state index is -4.72. The molecule has 3 aromatic carbocycles. The molecule has 1 atom stereocenters. The zero-order valence-corrected chi connectivity index (χ0v) is 22.4. The number of ether oxygens (including phenoxy) is 1. The summed E-state index contributed by atoms with van der Waals surface area (Å²) in [5.74, 6) is -0.316. The molecule has 3 aromatic rings. The number of rotatable bonds is 10. The third kappa shape index (κ3) is 6.86. The van der Waals surface area contributed by atoms with Crippen molar-refractivity contribution in [3.8, 4) is 11.5 Å². The zero-order chi connectivity index (χ0) is 28.1. The van der Waals surface area contributed by atoms with Gasteiger partial charge in [-0.05, 0) is 73.4 Å². The lowest BCUT2D eigenvalue weighted by molar-refractivity contribution is -0.137. The van der Waals surface area contributed by atoms with Gasteiger partial charge in [0.2, 0.25) is 0 Å². The van der Waals surface area contributed by atoms with E-state index in [1.165, 1.54) is 19.2 Å². The maximum Gasteiger partial charge on any atom is 0.416 e. The average Bonchev–Trinajstić information content (AvgIpc) is 2.90. The topological polar surface area (TPSA) is 72.9 Å². The second kappa shape index (κ2) is 11.9. The van der Waals surface area contributed by atoms with Crippen molar-refractivity contribution in [2.75, 3.05) is 7.11 Å². The van der Waals surface area contributed by atoms with E-state index in [0.717, 1.165) is 30.2 Å². The Morgan fingerprint density at radius 1 is 0.947 bits per heavy atom. The first-order valence-corrected chi connectivity index (χ1v) is 13.5. The molecule has 0 saturated carbocycles. The Kier molecular flexibility index (Phi) is 9.09. The van der Waals surface area contributed by atoms with Gasteiger partial charge in [-0.2, -0.15) is 21.6 Å². The van der Waals surface area contributed by atoms with Crippen molar-refractivity contribution in [2.45, 2.75) is 57.3 Å². The first kappa shape index (κ1) is 29.0. The van der Waals surface area contributed by atoms with Crippen LogP contribution in [0, 0.1) is 0 Å². The molecule has 0 aliphatic carbocycles. The SMILES string of the molecule is CCc1ccc(C(=O)N(Cc2ccc(OC)c(OS(=O)(=O)c3cccc(C(F)(F)F)c3)c2)C(C)CC)cc1. The Morgan fingerprint density at radius 3 is 2.18 bits per heavy atom. The summed E-state index contributed by atoms with van der Waals surface area (Å²) in [5.41, 5.74) is 1.08. The van der Waals surface area contributed by atoms with Crippen molar-refractivity contribution in [3.05, 3.63) is 89.0 Å².